The van der Waals surface area contributed by atoms with Gasteiger partial charge in [-0.1, -0.05) is 45.9 Å². The lowest BCUT2D eigenvalue weighted by Crippen LogP contribution is -2.47. The number of fused-ring (bicyclic) bond motifs is 1. The number of aryl methyl sites for hydroxylation is 1. The Morgan fingerprint density at radius 1 is 0.943 bits per heavy atom. The summed E-state index contributed by atoms with van der Waals surface area (Å²) in [7, 11) is 0. The van der Waals surface area contributed by atoms with E-state index in [4.69, 9.17) is 9.72 Å². The summed E-state index contributed by atoms with van der Waals surface area (Å²) in [6.45, 7) is 18.8. The average molecular weight is 478 g/mol. The van der Waals surface area contributed by atoms with Crippen LogP contribution in [0.3, 0.4) is 0 Å². The molecule has 2 aliphatic rings. The molecule has 35 heavy (non-hydrogen) atoms. The van der Waals surface area contributed by atoms with Crippen LogP contribution in [0.15, 0.2) is 30.3 Å². The Hall–Kier alpha value is -2.40. The molecule has 0 bridgehead atoms. The molecule has 1 saturated heterocycles. The molecule has 0 spiro atoms. The molecule has 0 atom stereocenters. The maximum atomic E-state index is 10.9. The van der Waals surface area contributed by atoms with Crippen LogP contribution in [0.4, 0.5) is 5.82 Å². The van der Waals surface area contributed by atoms with E-state index >= 15 is 0 Å². The highest BCUT2D eigenvalue weighted by molar-refractivity contribution is 5.66. The van der Waals surface area contributed by atoms with Crippen molar-refractivity contribution in [3.05, 3.63) is 47.0 Å². The van der Waals surface area contributed by atoms with Crippen molar-refractivity contribution in [1.82, 2.24) is 9.88 Å². The SMILES string of the molecule is CC(=O)OCCCCN1CCN(c2nc(-c3ccc4c(c3)C(C)(C)CCC4(C)C)ccc2C)CC1. The number of carbonyl (C=O) groups excluding carboxylic acids is 1. The van der Waals surface area contributed by atoms with Gasteiger partial charge in [-0.2, -0.15) is 0 Å². The minimum Gasteiger partial charge on any atom is -0.466 e. The van der Waals surface area contributed by atoms with Gasteiger partial charge in [-0.3, -0.25) is 9.69 Å². The molecule has 0 unspecified atom stereocenters. The molecule has 1 aliphatic carbocycles. The maximum Gasteiger partial charge on any atom is 0.302 e. The molecule has 2 heterocycles. The fraction of sp³-hybridized carbons (Fsp3) is 0.600. The quantitative estimate of drug-likeness (QED) is 0.369. The molecular weight excluding hydrogens is 434 g/mol. The van der Waals surface area contributed by atoms with E-state index in [-0.39, 0.29) is 16.8 Å². The molecule has 0 radical (unpaired) electrons. The molecule has 1 aromatic carbocycles. The predicted molar refractivity (Wildman–Crippen MR) is 144 cm³/mol. The van der Waals surface area contributed by atoms with Gasteiger partial charge in [0.15, 0.2) is 0 Å². The van der Waals surface area contributed by atoms with Gasteiger partial charge in [-0.15, -0.1) is 0 Å². The number of hydrogen-bond acceptors (Lipinski definition) is 5. The summed E-state index contributed by atoms with van der Waals surface area (Å²) >= 11 is 0. The molecule has 1 fully saturated rings. The highest BCUT2D eigenvalue weighted by Crippen LogP contribution is 2.46. The first-order valence-electron chi connectivity index (χ1n) is 13.3. The van der Waals surface area contributed by atoms with Crippen molar-refractivity contribution < 1.29 is 9.53 Å². The predicted octanol–water partition coefficient (Wildman–Crippen LogP) is 5.87. The van der Waals surface area contributed by atoms with Crippen LogP contribution < -0.4 is 4.90 Å². The van der Waals surface area contributed by atoms with E-state index in [1.165, 1.54) is 42.0 Å². The molecule has 0 saturated carbocycles. The Morgan fingerprint density at radius 2 is 1.63 bits per heavy atom. The molecule has 5 nitrogen and oxygen atoms in total. The van der Waals surface area contributed by atoms with Gasteiger partial charge >= 0.3 is 5.97 Å². The second-order valence-electron chi connectivity index (χ2n) is 11.7. The summed E-state index contributed by atoms with van der Waals surface area (Å²) in [5, 5.41) is 0. The topological polar surface area (TPSA) is 45.7 Å². The van der Waals surface area contributed by atoms with Gasteiger partial charge in [0.05, 0.1) is 12.3 Å². The first-order chi connectivity index (χ1) is 16.6. The number of piperazine rings is 1. The van der Waals surface area contributed by atoms with E-state index in [1.807, 2.05) is 0 Å². The van der Waals surface area contributed by atoms with Crippen molar-refractivity contribution in [2.45, 2.75) is 78.1 Å². The second-order valence-corrected chi connectivity index (χ2v) is 11.7. The first kappa shape index (κ1) is 25.7. The largest absolute Gasteiger partial charge is 0.466 e. The van der Waals surface area contributed by atoms with Crippen molar-refractivity contribution in [2.24, 2.45) is 0 Å². The Morgan fingerprint density at radius 3 is 2.31 bits per heavy atom. The zero-order chi connectivity index (χ0) is 25.2. The number of pyridine rings is 1. The number of ether oxygens (including phenoxy) is 1. The summed E-state index contributed by atoms with van der Waals surface area (Å²) < 4.78 is 5.05. The number of nitrogens with zero attached hydrogens (tertiary/aromatic N) is 3. The molecule has 2 aromatic rings. The Balaban J connectivity index is 1.45. The minimum absolute atomic E-state index is 0.188. The van der Waals surface area contributed by atoms with E-state index in [0.29, 0.717) is 6.61 Å². The van der Waals surface area contributed by atoms with Crippen molar-refractivity contribution in [3.8, 4) is 11.3 Å². The lowest BCUT2D eigenvalue weighted by atomic mass is 9.63. The van der Waals surface area contributed by atoms with Crippen molar-refractivity contribution >= 4 is 11.8 Å². The molecule has 0 amide bonds. The van der Waals surface area contributed by atoms with Gasteiger partial charge < -0.3 is 9.64 Å². The van der Waals surface area contributed by atoms with E-state index in [0.717, 1.165) is 57.1 Å². The third kappa shape index (κ3) is 5.88. The van der Waals surface area contributed by atoms with Crippen molar-refractivity contribution in [1.29, 1.82) is 0 Å². The molecule has 1 aromatic heterocycles. The summed E-state index contributed by atoms with van der Waals surface area (Å²) in [6.07, 6.45) is 4.44. The summed E-state index contributed by atoms with van der Waals surface area (Å²) in [5.41, 5.74) is 6.94. The van der Waals surface area contributed by atoms with Gasteiger partial charge in [0, 0.05) is 38.7 Å². The highest BCUT2D eigenvalue weighted by Gasteiger charge is 2.37. The number of carbonyl (C=O) groups is 1. The molecular formula is C30H43N3O2. The number of aromatic nitrogens is 1. The standard InChI is InChI=1S/C30H43N3O2/c1-22-9-12-27(24-10-11-25-26(21-24)30(5,6)14-13-29(25,3)4)31-28(22)33-18-16-32(17-19-33)15-7-8-20-35-23(2)34/h9-12,21H,7-8,13-20H2,1-6H3. The van der Waals surface area contributed by atoms with Crippen LogP contribution in [0.2, 0.25) is 0 Å². The minimum atomic E-state index is -0.188. The van der Waals surface area contributed by atoms with Gasteiger partial charge in [0.2, 0.25) is 0 Å². The average Bonchev–Trinajstić information content (AvgIpc) is 2.82. The maximum absolute atomic E-state index is 10.9. The van der Waals surface area contributed by atoms with Crippen LogP contribution in [-0.4, -0.2) is 55.2 Å². The van der Waals surface area contributed by atoms with Crippen LogP contribution in [0.5, 0.6) is 0 Å². The lowest BCUT2D eigenvalue weighted by molar-refractivity contribution is -0.141. The van der Waals surface area contributed by atoms with Gasteiger partial charge in [0.25, 0.3) is 0 Å². The zero-order valence-electron chi connectivity index (χ0n) is 22.6. The monoisotopic (exact) mass is 477 g/mol. The van der Waals surface area contributed by atoms with E-state index in [9.17, 15) is 4.79 Å². The summed E-state index contributed by atoms with van der Waals surface area (Å²) in [5.74, 6) is 0.931. The van der Waals surface area contributed by atoms with Gasteiger partial charge in [-0.25, -0.2) is 4.98 Å². The normalized spacial score (nSPS) is 19.3. The molecule has 0 N–H and O–H groups in total. The number of esters is 1. The Kier molecular flexibility index (Phi) is 7.56. The number of rotatable bonds is 7. The fourth-order valence-electron chi connectivity index (χ4n) is 5.58. The van der Waals surface area contributed by atoms with E-state index in [1.54, 1.807) is 0 Å². The molecule has 5 heteroatoms. The number of anilines is 1. The number of hydrogen-bond donors (Lipinski definition) is 0. The smallest absolute Gasteiger partial charge is 0.302 e. The van der Waals surface area contributed by atoms with Crippen LogP contribution in [-0.2, 0) is 20.4 Å². The Labute approximate surface area is 211 Å². The zero-order valence-corrected chi connectivity index (χ0v) is 22.6. The third-order valence-electron chi connectivity index (χ3n) is 8.06. The van der Waals surface area contributed by atoms with Crippen LogP contribution in [0.1, 0.15) is 77.0 Å². The van der Waals surface area contributed by atoms with Crippen LogP contribution >= 0.6 is 0 Å². The van der Waals surface area contributed by atoms with Crippen molar-refractivity contribution in [3.63, 3.8) is 0 Å². The molecule has 4 rings (SSSR count). The lowest BCUT2D eigenvalue weighted by Gasteiger charge is -2.42. The van der Waals surface area contributed by atoms with Gasteiger partial charge in [0.1, 0.15) is 5.82 Å². The van der Waals surface area contributed by atoms with E-state index < -0.39 is 0 Å². The first-order valence-corrected chi connectivity index (χ1v) is 13.3. The van der Waals surface area contributed by atoms with Crippen LogP contribution in [0, 0.1) is 6.92 Å². The molecule has 190 valence electrons. The number of unbranched alkanes of at least 4 members (excludes halogenated alkanes) is 1. The highest BCUT2D eigenvalue weighted by atomic mass is 16.5. The third-order valence-corrected chi connectivity index (χ3v) is 8.06. The Bertz CT molecular complexity index is 1050. The van der Waals surface area contributed by atoms with Crippen molar-refractivity contribution in [2.75, 3.05) is 44.2 Å². The van der Waals surface area contributed by atoms with E-state index in [2.05, 4.69) is 74.8 Å². The van der Waals surface area contributed by atoms with Crippen LogP contribution in [0.25, 0.3) is 11.3 Å². The number of benzene rings is 1. The van der Waals surface area contributed by atoms with Gasteiger partial charge in [-0.05, 0) is 78.8 Å². The summed E-state index contributed by atoms with van der Waals surface area (Å²) in [6, 6.07) is 11.4. The molecule has 1 aliphatic heterocycles. The second kappa shape index (κ2) is 10.3. The summed E-state index contributed by atoms with van der Waals surface area (Å²) in [4.78, 5) is 21.0. The fourth-order valence-corrected chi connectivity index (χ4v) is 5.58.